The van der Waals surface area contributed by atoms with Gasteiger partial charge >= 0.3 is 5.97 Å². The first-order chi connectivity index (χ1) is 8.22. The topological polar surface area (TPSA) is 29.5 Å². The van der Waals surface area contributed by atoms with E-state index in [0.29, 0.717) is 0 Å². The first-order valence-corrected chi connectivity index (χ1v) is 7.40. The zero-order chi connectivity index (χ0) is 12.3. The summed E-state index contributed by atoms with van der Waals surface area (Å²) >= 11 is 5.05. The van der Waals surface area contributed by atoms with Crippen molar-refractivity contribution in [3.8, 4) is 0 Å². The van der Waals surface area contributed by atoms with Crippen LogP contribution >= 0.6 is 27.3 Å². The number of ether oxygens (including phenoxy) is 1. The molecule has 2 heterocycles. The van der Waals surface area contributed by atoms with E-state index in [1.165, 1.54) is 26.4 Å². The van der Waals surface area contributed by atoms with Crippen LogP contribution in [0.15, 0.2) is 15.9 Å². The molecule has 0 saturated carbocycles. The largest absolute Gasteiger partial charge is 0.468 e. The molecule has 0 spiro atoms. The standard InChI is InChI=1S/C12H16BrNO2S/c1-16-12(15)11(9-5-6-10(13)17-9)14-7-3-2-4-8-14/h5-6,11H,2-4,7-8H2,1H3. The molecule has 1 atom stereocenters. The highest BCUT2D eigenvalue weighted by Crippen LogP contribution is 2.33. The molecule has 1 saturated heterocycles. The van der Waals surface area contributed by atoms with Crippen LogP contribution in [-0.4, -0.2) is 31.1 Å². The molecule has 1 aliphatic heterocycles. The number of thiophene rings is 1. The summed E-state index contributed by atoms with van der Waals surface area (Å²) in [7, 11) is 1.46. The van der Waals surface area contributed by atoms with Gasteiger partial charge in [-0.1, -0.05) is 6.42 Å². The van der Waals surface area contributed by atoms with Gasteiger partial charge in [0.1, 0.15) is 6.04 Å². The maximum atomic E-state index is 11.9. The second-order valence-corrected chi connectivity index (χ2v) is 6.66. The van der Waals surface area contributed by atoms with Crippen LogP contribution in [0.5, 0.6) is 0 Å². The summed E-state index contributed by atoms with van der Waals surface area (Å²) in [6, 6.07) is 3.77. The second kappa shape index (κ2) is 5.98. The zero-order valence-electron chi connectivity index (χ0n) is 9.82. The van der Waals surface area contributed by atoms with Crippen LogP contribution in [0.3, 0.4) is 0 Å². The normalized spacial score (nSPS) is 18.9. The fourth-order valence-corrected chi connectivity index (χ4v) is 3.76. The van der Waals surface area contributed by atoms with E-state index in [-0.39, 0.29) is 12.0 Å². The van der Waals surface area contributed by atoms with Crippen molar-refractivity contribution >= 4 is 33.2 Å². The lowest BCUT2D eigenvalue weighted by atomic mass is 10.1. The molecular formula is C12H16BrNO2S. The molecule has 0 aromatic carbocycles. The van der Waals surface area contributed by atoms with Gasteiger partial charge in [0.2, 0.25) is 0 Å². The predicted molar refractivity (Wildman–Crippen MR) is 72.2 cm³/mol. The number of carbonyl (C=O) groups is 1. The molecule has 1 unspecified atom stereocenters. The molecule has 1 aromatic rings. The highest BCUT2D eigenvalue weighted by molar-refractivity contribution is 9.11. The SMILES string of the molecule is COC(=O)C(c1ccc(Br)s1)N1CCCCC1. The number of hydrogen-bond donors (Lipinski definition) is 0. The number of esters is 1. The molecule has 17 heavy (non-hydrogen) atoms. The number of methoxy groups -OCH3 is 1. The summed E-state index contributed by atoms with van der Waals surface area (Å²) in [5, 5.41) is 0. The minimum Gasteiger partial charge on any atom is -0.468 e. The lowest BCUT2D eigenvalue weighted by molar-refractivity contribution is -0.147. The average molecular weight is 318 g/mol. The predicted octanol–water partition coefficient (Wildman–Crippen LogP) is 3.21. The van der Waals surface area contributed by atoms with Crippen LogP contribution in [0.4, 0.5) is 0 Å². The number of nitrogens with zero attached hydrogens (tertiary/aromatic N) is 1. The van der Waals surface area contributed by atoms with Gasteiger partial charge in [0.05, 0.1) is 10.9 Å². The molecule has 0 aliphatic carbocycles. The fourth-order valence-electron chi connectivity index (χ4n) is 2.21. The van der Waals surface area contributed by atoms with E-state index in [9.17, 15) is 4.79 Å². The van der Waals surface area contributed by atoms with Gasteiger partial charge in [0.25, 0.3) is 0 Å². The lowest BCUT2D eigenvalue weighted by Crippen LogP contribution is -2.38. The van der Waals surface area contributed by atoms with Crippen molar-refractivity contribution < 1.29 is 9.53 Å². The Morgan fingerprint density at radius 3 is 2.65 bits per heavy atom. The smallest absolute Gasteiger partial charge is 0.328 e. The second-order valence-electron chi connectivity index (χ2n) is 4.16. The summed E-state index contributed by atoms with van der Waals surface area (Å²) in [5.41, 5.74) is 0. The van der Waals surface area contributed by atoms with E-state index in [2.05, 4.69) is 20.8 Å². The molecule has 1 aliphatic rings. The highest BCUT2D eigenvalue weighted by Gasteiger charge is 2.30. The number of rotatable bonds is 3. The number of carbonyl (C=O) groups excluding carboxylic acids is 1. The minimum absolute atomic E-state index is 0.152. The van der Waals surface area contributed by atoms with Crippen molar-refractivity contribution in [2.24, 2.45) is 0 Å². The molecule has 2 rings (SSSR count). The van der Waals surface area contributed by atoms with Crippen molar-refractivity contribution in [1.82, 2.24) is 4.90 Å². The third-order valence-electron chi connectivity index (χ3n) is 3.04. The fraction of sp³-hybridized carbons (Fsp3) is 0.583. The molecule has 1 fully saturated rings. The first kappa shape index (κ1) is 13.1. The van der Waals surface area contributed by atoms with E-state index < -0.39 is 0 Å². The Morgan fingerprint density at radius 1 is 1.41 bits per heavy atom. The van der Waals surface area contributed by atoms with Crippen molar-refractivity contribution in [1.29, 1.82) is 0 Å². The van der Waals surface area contributed by atoms with Crippen LogP contribution in [0.25, 0.3) is 0 Å². The van der Waals surface area contributed by atoms with E-state index in [1.54, 1.807) is 11.3 Å². The quantitative estimate of drug-likeness (QED) is 0.802. The first-order valence-electron chi connectivity index (χ1n) is 5.79. The third-order valence-corrected chi connectivity index (χ3v) is 4.72. The van der Waals surface area contributed by atoms with Crippen LogP contribution in [-0.2, 0) is 9.53 Å². The molecular weight excluding hydrogens is 302 g/mol. The van der Waals surface area contributed by atoms with Crippen LogP contribution in [0, 0.1) is 0 Å². The summed E-state index contributed by atoms with van der Waals surface area (Å²) in [5.74, 6) is -0.152. The van der Waals surface area contributed by atoms with Gasteiger partial charge in [-0.15, -0.1) is 11.3 Å². The Kier molecular flexibility index (Phi) is 4.59. The van der Waals surface area contributed by atoms with Gasteiger partial charge in [-0.3, -0.25) is 4.90 Å². The number of halogens is 1. The average Bonchev–Trinajstić information content (AvgIpc) is 2.77. The maximum Gasteiger partial charge on any atom is 0.328 e. The molecule has 5 heteroatoms. The Hall–Kier alpha value is -0.390. The maximum absolute atomic E-state index is 11.9. The molecule has 0 bridgehead atoms. The Bertz CT molecular complexity index is 388. The van der Waals surface area contributed by atoms with Crippen LogP contribution in [0.1, 0.15) is 30.2 Å². The minimum atomic E-state index is -0.225. The van der Waals surface area contributed by atoms with Crippen LogP contribution in [0.2, 0.25) is 0 Å². The van der Waals surface area contributed by atoms with Gasteiger partial charge in [-0.05, 0) is 54.0 Å². The molecule has 1 aromatic heterocycles. The van der Waals surface area contributed by atoms with E-state index >= 15 is 0 Å². The van der Waals surface area contributed by atoms with Crippen molar-refractivity contribution in [2.45, 2.75) is 25.3 Å². The molecule has 0 radical (unpaired) electrons. The van der Waals surface area contributed by atoms with Gasteiger partial charge in [0.15, 0.2) is 0 Å². The van der Waals surface area contributed by atoms with Gasteiger partial charge in [-0.25, -0.2) is 4.79 Å². The molecule has 3 nitrogen and oxygen atoms in total. The summed E-state index contributed by atoms with van der Waals surface area (Å²) in [4.78, 5) is 15.2. The summed E-state index contributed by atoms with van der Waals surface area (Å²) in [6.45, 7) is 1.96. The zero-order valence-corrected chi connectivity index (χ0v) is 12.2. The number of piperidine rings is 1. The number of hydrogen-bond acceptors (Lipinski definition) is 4. The molecule has 94 valence electrons. The number of likely N-dealkylation sites (tertiary alicyclic amines) is 1. The Balaban J connectivity index is 2.21. The van der Waals surface area contributed by atoms with E-state index in [0.717, 1.165) is 21.8 Å². The van der Waals surface area contributed by atoms with Crippen molar-refractivity contribution in [3.05, 3.63) is 20.8 Å². The van der Waals surface area contributed by atoms with Crippen molar-refractivity contribution in [3.63, 3.8) is 0 Å². The Morgan fingerprint density at radius 2 is 2.12 bits per heavy atom. The summed E-state index contributed by atoms with van der Waals surface area (Å²) < 4.78 is 5.99. The van der Waals surface area contributed by atoms with Crippen LogP contribution < -0.4 is 0 Å². The van der Waals surface area contributed by atoms with Crippen molar-refractivity contribution in [2.75, 3.05) is 20.2 Å². The molecule has 0 N–H and O–H groups in total. The highest BCUT2D eigenvalue weighted by atomic mass is 79.9. The molecule has 0 amide bonds. The van der Waals surface area contributed by atoms with E-state index in [4.69, 9.17) is 4.74 Å². The monoisotopic (exact) mass is 317 g/mol. The van der Waals surface area contributed by atoms with Gasteiger partial charge in [-0.2, -0.15) is 0 Å². The van der Waals surface area contributed by atoms with Gasteiger partial charge < -0.3 is 4.74 Å². The van der Waals surface area contributed by atoms with E-state index in [1.807, 2.05) is 12.1 Å². The van der Waals surface area contributed by atoms with Gasteiger partial charge in [0, 0.05) is 4.88 Å². The summed E-state index contributed by atoms with van der Waals surface area (Å²) in [6.07, 6.45) is 3.60. The lowest BCUT2D eigenvalue weighted by Gasteiger charge is -2.32. The Labute approximate surface area is 114 Å². The third kappa shape index (κ3) is 3.09.